The van der Waals surface area contributed by atoms with Gasteiger partial charge in [0.05, 0.1) is 11.8 Å². The van der Waals surface area contributed by atoms with E-state index in [0.717, 1.165) is 38.6 Å². The van der Waals surface area contributed by atoms with Crippen LogP contribution in [0.5, 0.6) is 0 Å². The van der Waals surface area contributed by atoms with Crippen molar-refractivity contribution in [2.75, 3.05) is 19.6 Å². The molecule has 1 aliphatic carbocycles. The van der Waals surface area contributed by atoms with Crippen LogP contribution < -0.4 is 26.3 Å². The predicted molar refractivity (Wildman–Crippen MR) is 112 cm³/mol. The van der Waals surface area contributed by atoms with Gasteiger partial charge in [-0.2, -0.15) is 0 Å². The van der Waals surface area contributed by atoms with Gasteiger partial charge >= 0.3 is 0 Å². The first-order valence-corrected chi connectivity index (χ1v) is 12.7. The minimum Gasteiger partial charge on any atom is -0.390 e. The maximum Gasteiger partial charge on any atom is 0.217 e. The van der Waals surface area contributed by atoms with Crippen molar-refractivity contribution in [2.24, 2.45) is 11.8 Å². The summed E-state index contributed by atoms with van der Waals surface area (Å²) in [6.07, 6.45) is 4.81. The van der Waals surface area contributed by atoms with E-state index in [1.54, 1.807) is 0 Å². The highest BCUT2D eigenvalue weighted by Gasteiger charge is 2.45. The normalized spacial score (nSPS) is 42.1. The van der Waals surface area contributed by atoms with Crippen LogP contribution in [0.15, 0.2) is 0 Å². The van der Waals surface area contributed by atoms with Crippen molar-refractivity contribution in [1.82, 2.24) is 31.3 Å². The number of nitrogens with zero attached hydrogens (tertiary/aromatic N) is 1. The molecule has 6 N–H and O–H groups in total. The molecule has 4 fully saturated rings. The van der Waals surface area contributed by atoms with Gasteiger partial charge in [0.1, 0.15) is 5.25 Å². The van der Waals surface area contributed by atoms with Gasteiger partial charge in [-0.05, 0) is 58.9 Å². The third-order valence-corrected chi connectivity index (χ3v) is 9.29. The zero-order valence-electron chi connectivity index (χ0n) is 17.8. The second-order valence-electron chi connectivity index (χ2n) is 9.94. The van der Waals surface area contributed by atoms with Crippen LogP contribution in [0.3, 0.4) is 0 Å². The van der Waals surface area contributed by atoms with Crippen LogP contribution in [0.2, 0.25) is 0 Å². The minimum absolute atomic E-state index is 0.0160. The van der Waals surface area contributed by atoms with Crippen molar-refractivity contribution in [3.8, 4) is 0 Å². The highest BCUT2D eigenvalue weighted by molar-refractivity contribution is 7.90. The Morgan fingerprint density at radius 3 is 2.72 bits per heavy atom. The molecule has 3 saturated heterocycles. The van der Waals surface area contributed by atoms with E-state index in [4.69, 9.17) is 0 Å². The lowest BCUT2D eigenvalue weighted by Crippen LogP contribution is -2.56. The maximum absolute atomic E-state index is 13.2. The van der Waals surface area contributed by atoms with Crippen molar-refractivity contribution in [3.05, 3.63) is 0 Å². The van der Waals surface area contributed by atoms with Gasteiger partial charge in [-0.15, -0.1) is 0 Å². The summed E-state index contributed by atoms with van der Waals surface area (Å²) in [7, 11) is -3.42. The summed E-state index contributed by atoms with van der Waals surface area (Å²) in [6.45, 7) is 7.55. The average Bonchev–Trinajstić information content (AvgIpc) is 3.30. The van der Waals surface area contributed by atoms with Gasteiger partial charge in [-0.25, -0.2) is 18.1 Å². The molecule has 4 rings (SSSR count). The zero-order valence-corrected chi connectivity index (χ0v) is 18.6. The molecule has 0 aromatic heterocycles. The molecule has 7 unspecified atom stereocenters. The van der Waals surface area contributed by atoms with Gasteiger partial charge in [0.25, 0.3) is 0 Å². The highest BCUT2D eigenvalue weighted by Crippen LogP contribution is 2.32. The van der Waals surface area contributed by atoms with Gasteiger partial charge in [0.2, 0.25) is 10.0 Å². The van der Waals surface area contributed by atoms with E-state index < -0.39 is 20.9 Å². The van der Waals surface area contributed by atoms with Crippen molar-refractivity contribution in [1.29, 1.82) is 0 Å². The number of aliphatic hydroxyl groups is 1. The molecule has 0 spiro atoms. The second-order valence-corrected chi connectivity index (χ2v) is 11.9. The van der Waals surface area contributed by atoms with Crippen molar-refractivity contribution >= 4 is 10.0 Å². The smallest absolute Gasteiger partial charge is 0.217 e. The molecule has 0 bridgehead atoms. The molecule has 0 aromatic rings. The Labute approximate surface area is 174 Å². The molecular formula is C19H38N6O3S. The topological polar surface area (TPSA) is 118 Å². The van der Waals surface area contributed by atoms with E-state index in [2.05, 4.69) is 33.2 Å². The lowest BCUT2D eigenvalue weighted by molar-refractivity contribution is -0.0249. The molecule has 168 valence electrons. The molecular weight excluding hydrogens is 392 g/mol. The quantitative estimate of drug-likeness (QED) is 0.337. The van der Waals surface area contributed by atoms with Gasteiger partial charge in [-0.3, -0.25) is 16.3 Å². The predicted octanol–water partition coefficient (Wildman–Crippen LogP) is -0.775. The second kappa shape index (κ2) is 8.31. The van der Waals surface area contributed by atoms with Crippen molar-refractivity contribution in [2.45, 2.75) is 88.0 Å². The Balaban J connectivity index is 1.37. The van der Waals surface area contributed by atoms with Crippen molar-refractivity contribution < 1.29 is 13.5 Å². The Hall–Kier alpha value is -0.330. The zero-order chi connectivity index (χ0) is 20.8. The lowest BCUT2D eigenvalue weighted by atomic mass is 9.79. The lowest BCUT2D eigenvalue weighted by Gasteiger charge is -2.40. The summed E-state index contributed by atoms with van der Waals surface area (Å²) < 4.78 is 29.4. The third kappa shape index (κ3) is 4.64. The van der Waals surface area contributed by atoms with Gasteiger partial charge in [-0.1, -0.05) is 6.42 Å². The summed E-state index contributed by atoms with van der Waals surface area (Å²) >= 11 is 0. The van der Waals surface area contributed by atoms with E-state index in [1.807, 2.05) is 18.9 Å². The third-order valence-electron chi connectivity index (χ3n) is 7.47. The number of nitrogens with one attached hydrogen (secondary N) is 5. The summed E-state index contributed by atoms with van der Waals surface area (Å²) in [6, 6.07) is 0.587. The van der Waals surface area contributed by atoms with Crippen LogP contribution in [-0.2, 0) is 10.0 Å². The fourth-order valence-electron chi connectivity index (χ4n) is 5.65. The molecule has 9 nitrogen and oxygen atoms in total. The Morgan fingerprint density at radius 2 is 1.97 bits per heavy atom. The fourth-order valence-corrected chi connectivity index (χ4v) is 7.19. The van der Waals surface area contributed by atoms with Gasteiger partial charge in [0.15, 0.2) is 0 Å². The van der Waals surface area contributed by atoms with Crippen LogP contribution in [0.25, 0.3) is 0 Å². The number of hydrogen-bond acceptors (Lipinski definition) is 8. The molecule has 3 heterocycles. The van der Waals surface area contributed by atoms with Crippen LogP contribution in [0.1, 0.15) is 52.9 Å². The Bertz CT molecular complexity index is 682. The fraction of sp³-hybridized carbons (Fsp3) is 1.00. The highest BCUT2D eigenvalue weighted by atomic mass is 32.2. The summed E-state index contributed by atoms with van der Waals surface area (Å²) in [5.74, 6) is 0.490. The minimum atomic E-state index is -3.42. The Morgan fingerprint density at radius 1 is 1.17 bits per heavy atom. The largest absolute Gasteiger partial charge is 0.390 e. The molecule has 3 aliphatic heterocycles. The van der Waals surface area contributed by atoms with Crippen molar-refractivity contribution in [3.63, 3.8) is 0 Å². The van der Waals surface area contributed by atoms with E-state index in [1.165, 1.54) is 0 Å². The maximum atomic E-state index is 13.2. The number of hydrazine groups is 2. The van der Waals surface area contributed by atoms with Crippen LogP contribution in [-0.4, -0.2) is 73.3 Å². The number of rotatable bonds is 5. The van der Waals surface area contributed by atoms with E-state index in [-0.39, 0.29) is 30.1 Å². The first-order chi connectivity index (χ1) is 13.6. The molecule has 29 heavy (non-hydrogen) atoms. The summed E-state index contributed by atoms with van der Waals surface area (Å²) in [5.41, 5.74) is 9.18. The molecule has 0 radical (unpaired) electrons. The number of piperidine rings is 1. The molecule has 0 amide bonds. The van der Waals surface area contributed by atoms with E-state index in [0.29, 0.717) is 19.1 Å². The van der Waals surface area contributed by atoms with Gasteiger partial charge < -0.3 is 10.4 Å². The van der Waals surface area contributed by atoms with E-state index >= 15 is 0 Å². The Kier molecular flexibility index (Phi) is 6.27. The van der Waals surface area contributed by atoms with Crippen LogP contribution >= 0.6 is 0 Å². The molecule has 7 atom stereocenters. The molecule has 10 heteroatoms. The molecule has 1 saturated carbocycles. The van der Waals surface area contributed by atoms with E-state index in [9.17, 15) is 13.5 Å². The molecule has 4 aliphatic rings. The number of sulfonamides is 1. The standard InChI is InChI=1S/C19H38N6O3S/c1-12-18-15(23-22-12)5-4-6-16(18)24-29(27,28)14-10-21-25(11-14)17-9-13(7-8-20-17)19(2,3)26/h12-18,20-24,26H,4-11H2,1-3H3. The average molecular weight is 431 g/mol. The number of fused-ring (bicyclic) bond motifs is 1. The van der Waals surface area contributed by atoms with Crippen LogP contribution in [0, 0.1) is 11.8 Å². The number of hydrogen-bond donors (Lipinski definition) is 6. The monoisotopic (exact) mass is 430 g/mol. The van der Waals surface area contributed by atoms with Crippen LogP contribution in [0.4, 0.5) is 0 Å². The van der Waals surface area contributed by atoms with Gasteiger partial charge in [0, 0.05) is 37.1 Å². The first kappa shape index (κ1) is 21.9. The molecule has 0 aromatic carbocycles. The summed E-state index contributed by atoms with van der Waals surface area (Å²) in [4.78, 5) is 0. The SMILES string of the molecule is CC1NNC2CCCC(NS(=O)(=O)C3CNN(C4CC(C(C)(C)O)CCN4)C3)C12. The summed E-state index contributed by atoms with van der Waals surface area (Å²) in [5, 5.41) is 15.4. The first-order valence-electron chi connectivity index (χ1n) is 11.1.